The highest BCUT2D eigenvalue weighted by Gasteiger charge is 2.35. The summed E-state index contributed by atoms with van der Waals surface area (Å²) in [4.78, 5) is 26.3. The van der Waals surface area contributed by atoms with Crippen molar-refractivity contribution in [2.75, 3.05) is 5.73 Å². The minimum absolute atomic E-state index is 0.109. The van der Waals surface area contributed by atoms with Crippen LogP contribution in [-0.2, 0) is 6.54 Å². The second-order valence-corrected chi connectivity index (χ2v) is 7.17. The van der Waals surface area contributed by atoms with E-state index in [1.54, 1.807) is 60.7 Å². The maximum Gasteiger partial charge on any atom is 0.261 e. The number of rotatable bonds is 4. The highest BCUT2D eigenvalue weighted by atomic mass is 35.5. The first kappa shape index (κ1) is 18.3. The Bertz CT molecular complexity index is 1060. The Labute approximate surface area is 171 Å². The van der Waals surface area contributed by atoms with Crippen LogP contribution in [-0.4, -0.2) is 16.7 Å². The number of carbonyl (C=O) groups is 2. The van der Waals surface area contributed by atoms with Gasteiger partial charge in [-0.05, 0) is 42.0 Å². The largest absolute Gasteiger partial charge is 0.456 e. The minimum Gasteiger partial charge on any atom is -0.456 e. The average Bonchev–Trinajstić information content (AvgIpc) is 2.89. The average molecular weight is 413 g/mol. The van der Waals surface area contributed by atoms with Crippen LogP contribution in [0.15, 0.2) is 60.7 Å². The smallest absolute Gasteiger partial charge is 0.261 e. The summed E-state index contributed by atoms with van der Waals surface area (Å²) in [6.07, 6.45) is 0. The first-order chi connectivity index (χ1) is 13.4. The van der Waals surface area contributed by atoms with Crippen LogP contribution in [0, 0.1) is 0 Å². The van der Waals surface area contributed by atoms with Gasteiger partial charge in [0.05, 0.1) is 22.7 Å². The van der Waals surface area contributed by atoms with Gasteiger partial charge in [0.1, 0.15) is 11.5 Å². The number of ether oxygens (including phenoxy) is 1. The zero-order valence-corrected chi connectivity index (χ0v) is 16.0. The molecule has 0 saturated carbocycles. The number of nitrogens with two attached hydrogens (primary N) is 1. The molecule has 5 nitrogen and oxygen atoms in total. The molecule has 0 atom stereocenters. The zero-order valence-electron chi connectivity index (χ0n) is 14.5. The molecule has 28 heavy (non-hydrogen) atoms. The quantitative estimate of drug-likeness (QED) is 0.474. The van der Waals surface area contributed by atoms with Crippen LogP contribution in [0.2, 0.25) is 10.0 Å². The van der Waals surface area contributed by atoms with Crippen molar-refractivity contribution >= 4 is 40.7 Å². The number of hydrogen-bond acceptors (Lipinski definition) is 4. The fraction of sp³-hybridized carbons (Fsp3) is 0.0476. The maximum absolute atomic E-state index is 12.5. The number of carbonyl (C=O) groups excluding carboxylic acids is 2. The Hall–Kier alpha value is -3.02. The van der Waals surface area contributed by atoms with E-state index in [-0.39, 0.29) is 18.4 Å². The Morgan fingerprint density at radius 2 is 1.57 bits per heavy atom. The third-order valence-corrected chi connectivity index (χ3v) is 4.87. The van der Waals surface area contributed by atoms with E-state index < -0.39 is 0 Å². The number of nitrogen functional groups attached to an aromatic ring is 1. The number of nitrogens with zero attached hydrogens (tertiary/aromatic N) is 1. The Kier molecular flexibility index (Phi) is 4.71. The minimum atomic E-state index is -0.319. The van der Waals surface area contributed by atoms with Crippen molar-refractivity contribution in [2.24, 2.45) is 0 Å². The van der Waals surface area contributed by atoms with E-state index in [0.29, 0.717) is 43.9 Å². The summed E-state index contributed by atoms with van der Waals surface area (Å²) < 4.78 is 5.81. The van der Waals surface area contributed by atoms with Crippen molar-refractivity contribution in [3.63, 3.8) is 0 Å². The predicted molar refractivity (Wildman–Crippen MR) is 108 cm³/mol. The summed E-state index contributed by atoms with van der Waals surface area (Å²) in [5.74, 6) is 0.170. The van der Waals surface area contributed by atoms with Gasteiger partial charge >= 0.3 is 0 Å². The SMILES string of the molecule is Nc1cc(Cl)cc(Oc2cc(CN3C(=O)c4ccccc4C3=O)ccc2Cl)c1. The molecule has 0 spiro atoms. The van der Waals surface area contributed by atoms with Crippen molar-refractivity contribution in [3.8, 4) is 11.5 Å². The number of imide groups is 1. The number of anilines is 1. The van der Waals surface area contributed by atoms with E-state index in [2.05, 4.69) is 0 Å². The van der Waals surface area contributed by atoms with Gasteiger partial charge in [-0.1, -0.05) is 41.4 Å². The fourth-order valence-corrected chi connectivity index (χ4v) is 3.45. The number of fused-ring (bicyclic) bond motifs is 1. The molecule has 7 heteroatoms. The highest BCUT2D eigenvalue weighted by molar-refractivity contribution is 6.32. The molecule has 3 aromatic rings. The van der Waals surface area contributed by atoms with E-state index in [1.165, 1.54) is 4.90 Å². The molecule has 1 aliphatic rings. The molecule has 140 valence electrons. The Morgan fingerprint density at radius 1 is 0.893 bits per heavy atom. The second-order valence-electron chi connectivity index (χ2n) is 6.33. The van der Waals surface area contributed by atoms with Gasteiger partial charge in [-0.2, -0.15) is 0 Å². The van der Waals surface area contributed by atoms with Crippen molar-refractivity contribution in [3.05, 3.63) is 87.4 Å². The van der Waals surface area contributed by atoms with Crippen LogP contribution >= 0.6 is 23.2 Å². The third-order valence-electron chi connectivity index (χ3n) is 4.34. The molecule has 2 N–H and O–H groups in total. The van der Waals surface area contributed by atoms with Crippen molar-refractivity contribution in [2.45, 2.75) is 6.54 Å². The van der Waals surface area contributed by atoms with E-state index in [9.17, 15) is 9.59 Å². The number of hydrogen-bond donors (Lipinski definition) is 1. The van der Waals surface area contributed by atoms with E-state index in [1.807, 2.05) is 0 Å². The van der Waals surface area contributed by atoms with Gasteiger partial charge in [0.25, 0.3) is 11.8 Å². The zero-order chi connectivity index (χ0) is 19.8. The number of benzene rings is 3. The molecular weight excluding hydrogens is 399 g/mol. The lowest BCUT2D eigenvalue weighted by Crippen LogP contribution is -2.29. The Morgan fingerprint density at radius 3 is 2.21 bits per heavy atom. The van der Waals surface area contributed by atoms with Gasteiger partial charge in [-0.3, -0.25) is 14.5 Å². The summed E-state index contributed by atoms with van der Waals surface area (Å²) in [6.45, 7) is 0.109. The summed E-state index contributed by atoms with van der Waals surface area (Å²) >= 11 is 12.2. The third kappa shape index (κ3) is 3.42. The van der Waals surface area contributed by atoms with Crippen LogP contribution in [0.25, 0.3) is 0 Å². The standard InChI is InChI=1S/C21H14Cl2N2O3/c22-13-8-14(24)10-15(9-13)28-19-7-12(5-6-18(19)23)11-25-20(26)16-3-1-2-4-17(16)21(25)27/h1-10H,11,24H2. The maximum atomic E-state index is 12.5. The van der Waals surface area contributed by atoms with Gasteiger partial charge in [0.15, 0.2) is 0 Å². The molecule has 4 rings (SSSR count). The molecule has 0 bridgehead atoms. The first-order valence-corrected chi connectivity index (χ1v) is 9.15. The van der Waals surface area contributed by atoms with Crippen molar-refractivity contribution < 1.29 is 14.3 Å². The van der Waals surface area contributed by atoms with Crippen LogP contribution in [0.4, 0.5) is 5.69 Å². The van der Waals surface area contributed by atoms with E-state index >= 15 is 0 Å². The topological polar surface area (TPSA) is 72.6 Å². The fourth-order valence-electron chi connectivity index (χ4n) is 3.06. The van der Waals surface area contributed by atoms with Gasteiger partial charge < -0.3 is 10.5 Å². The van der Waals surface area contributed by atoms with Crippen LogP contribution in [0.1, 0.15) is 26.3 Å². The van der Waals surface area contributed by atoms with Crippen LogP contribution in [0.3, 0.4) is 0 Å². The molecule has 1 aliphatic heterocycles. The monoisotopic (exact) mass is 412 g/mol. The molecular formula is C21H14Cl2N2O3. The summed E-state index contributed by atoms with van der Waals surface area (Å²) in [7, 11) is 0. The van der Waals surface area contributed by atoms with Gasteiger partial charge in [0, 0.05) is 16.8 Å². The van der Waals surface area contributed by atoms with E-state index in [4.69, 9.17) is 33.7 Å². The number of amides is 2. The first-order valence-electron chi connectivity index (χ1n) is 8.40. The Balaban J connectivity index is 1.60. The number of halogens is 2. The summed E-state index contributed by atoms with van der Waals surface area (Å²) in [6, 6.07) is 16.7. The lowest BCUT2D eigenvalue weighted by molar-refractivity contribution is 0.0642. The second kappa shape index (κ2) is 7.19. The molecule has 2 amide bonds. The molecule has 0 unspecified atom stereocenters. The van der Waals surface area contributed by atoms with Gasteiger partial charge in [-0.25, -0.2) is 0 Å². The molecule has 0 aromatic heterocycles. The van der Waals surface area contributed by atoms with E-state index in [0.717, 1.165) is 0 Å². The lowest BCUT2D eigenvalue weighted by Gasteiger charge is -2.15. The lowest BCUT2D eigenvalue weighted by atomic mass is 10.1. The molecule has 0 fully saturated rings. The van der Waals surface area contributed by atoms with Crippen molar-refractivity contribution in [1.82, 2.24) is 4.90 Å². The normalized spacial score (nSPS) is 13.0. The van der Waals surface area contributed by atoms with Gasteiger partial charge in [-0.15, -0.1) is 0 Å². The highest BCUT2D eigenvalue weighted by Crippen LogP contribution is 2.33. The molecule has 3 aromatic carbocycles. The molecule has 1 heterocycles. The molecule has 0 saturated heterocycles. The van der Waals surface area contributed by atoms with Crippen molar-refractivity contribution in [1.29, 1.82) is 0 Å². The molecule has 0 aliphatic carbocycles. The summed E-state index contributed by atoms with van der Waals surface area (Å²) in [5, 5.41) is 0.818. The van der Waals surface area contributed by atoms with Gasteiger partial charge in [0.2, 0.25) is 0 Å². The van der Waals surface area contributed by atoms with Crippen LogP contribution < -0.4 is 10.5 Å². The van der Waals surface area contributed by atoms with Crippen LogP contribution in [0.5, 0.6) is 11.5 Å². The molecule has 0 radical (unpaired) electrons. The predicted octanol–water partition coefficient (Wildman–Crippen LogP) is 5.16. The summed E-state index contributed by atoms with van der Waals surface area (Å²) in [5.41, 5.74) is 7.76.